The molecule has 0 spiro atoms. The van der Waals surface area contributed by atoms with Crippen molar-refractivity contribution >= 4 is 17.5 Å². The second kappa shape index (κ2) is 7.43. The Balaban J connectivity index is 1.47. The number of para-hydroxylation sites is 2. The molecule has 2 amide bonds. The lowest BCUT2D eigenvalue weighted by atomic mass is 9.98. The second-order valence-corrected chi connectivity index (χ2v) is 7.41. The summed E-state index contributed by atoms with van der Waals surface area (Å²) in [6, 6.07) is 15.2. The normalized spacial score (nSPS) is 17.4. The largest absolute Gasteiger partial charge is 0.482 e. The van der Waals surface area contributed by atoms with E-state index in [0.29, 0.717) is 18.0 Å². The van der Waals surface area contributed by atoms with E-state index in [-0.39, 0.29) is 18.4 Å². The molecule has 2 aromatic carbocycles. The van der Waals surface area contributed by atoms with Crippen LogP contribution in [0.15, 0.2) is 48.5 Å². The van der Waals surface area contributed by atoms with Crippen LogP contribution in [0.1, 0.15) is 35.7 Å². The van der Waals surface area contributed by atoms with Crippen LogP contribution in [-0.4, -0.2) is 36.4 Å². The minimum Gasteiger partial charge on any atom is -0.482 e. The van der Waals surface area contributed by atoms with Gasteiger partial charge >= 0.3 is 0 Å². The molecule has 1 saturated heterocycles. The van der Waals surface area contributed by atoms with Crippen LogP contribution in [0.5, 0.6) is 5.75 Å². The molecule has 2 aromatic rings. The van der Waals surface area contributed by atoms with Crippen LogP contribution < -0.4 is 9.64 Å². The van der Waals surface area contributed by atoms with Gasteiger partial charge in [-0.2, -0.15) is 0 Å². The van der Waals surface area contributed by atoms with Gasteiger partial charge in [0.1, 0.15) is 5.75 Å². The third-order valence-corrected chi connectivity index (χ3v) is 5.42. The number of carbonyl (C=O) groups is 2. The van der Waals surface area contributed by atoms with E-state index >= 15 is 0 Å². The molecule has 27 heavy (non-hydrogen) atoms. The maximum Gasteiger partial charge on any atom is 0.265 e. The lowest BCUT2D eigenvalue weighted by Gasteiger charge is -2.30. The Morgan fingerprint density at radius 2 is 1.78 bits per heavy atom. The number of amides is 2. The van der Waals surface area contributed by atoms with Crippen molar-refractivity contribution < 1.29 is 14.3 Å². The van der Waals surface area contributed by atoms with Crippen LogP contribution in [0.25, 0.3) is 0 Å². The minimum atomic E-state index is -0.0590. The molecule has 0 atom stereocenters. The van der Waals surface area contributed by atoms with E-state index in [2.05, 4.69) is 6.92 Å². The summed E-state index contributed by atoms with van der Waals surface area (Å²) in [5, 5.41) is 0. The summed E-state index contributed by atoms with van der Waals surface area (Å²) in [5.41, 5.74) is 2.49. The molecular formula is C22H24N2O3. The smallest absolute Gasteiger partial charge is 0.265 e. The average molecular weight is 364 g/mol. The van der Waals surface area contributed by atoms with Crippen molar-refractivity contribution in [2.75, 3.05) is 24.6 Å². The molecule has 2 heterocycles. The maximum absolute atomic E-state index is 12.7. The van der Waals surface area contributed by atoms with Gasteiger partial charge in [-0.3, -0.25) is 9.59 Å². The maximum atomic E-state index is 12.7. The molecule has 0 N–H and O–H groups in total. The number of likely N-dealkylation sites (tertiary alicyclic amines) is 1. The standard InChI is InChI=1S/C22H24N2O3/c1-16-10-12-23(13-11-16)22(26)18-8-6-17(7-9-18)14-24-19-4-2-3-5-20(19)27-15-21(24)25/h2-9,16H,10-15H2,1H3. The average Bonchev–Trinajstić information content (AvgIpc) is 2.71. The van der Waals surface area contributed by atoms with Gasteiger partial charge in [-0.1, -0.05) is 31.2 Å². The van der Waals surface area contributed by atoms with Gasteiger partial charge < -0.3 is 14.5 Å². The zero-order valence-corrected chi connectivity index (χ0v) is 15.6. The molecule has 140 valence electrons. The Hall–Kier alpha value is -2.82. The van der Waals surface area contributed by atoms with Gasteiger partial charge in [0.2, 0.25) is 0 Å². The zero-order valence-electron chi connectivity index (χ0n) is 15.6. The summed E-state index contributed by atoms with van der Waals surface area (Å²) < 4.78 is 5.49. The fourth-order valence-corrected chi connectivity index (χ4v) is 3.66. The number of nitrogens with zero attached hydrogens (tertiary/aromatic N) is 2. The van der Waals surface area contributed by atoms with Crippen molar-refractivity contribution in [1.82, 2.24) is 4.90 Å². The van der Waals surface area contributed by atoms with Gasteiger partial charge in [-0.25, -0.2) is 0 Å². The quantitative estimate of drug-likeness (QED) is 0.838. The number of piperidine rings is 1. The summed E-state index contributed by atoms with van der Waals surface area (Å²) in [6.45, 7) is 4.43. The Labute approximate surface area is 159 Å². The molecule has 0 radical (unpaired) electrons. The van der Waals surface area contributed by atoms with E-state index < -0.39 is 0 Å². The molecule has 2 aliphatic heterocycles. The lowest BCUT2D eigenvalue weighted by Crippen LogP contribution is -2.38. The van der Waals surface area contributed by atoms with Gasteiger partial charge in [0, 0.05) is 18.7 Å². The number of benzene rings is 2. The molecule has 0 saturated carbocycles. The highest BCUT2D eigenvalue weighted by atomic mass is 16.5. The van der Waals surface area contributed by atoms with Crippen LogP contribution in [-0.2, 0) is 11.3 Å². The molecule has 5 heteroatoms. The van der Waals surface area contributed by atoms with E-state index in [4.69, 9.17) is 4.74 Å². The van der Waals surface area contributed by atoms with Crippen LogP contribution in [0.2, 0.25) is 0 Å². The van der Waals surface area contributed by atoms with E-state index in [1.807, 2.05) is 53.4 Å². The fraction of sp³-hybridized carbons (Fsp3) is 0.364. The van der Waals surface area contributed by atoms with Crippen LogP contribution >= 0.6 is 0 Å². The molecular weight excluding hydrogens is 340 g/mol. The first-order valence-electron chi connectivity index (χ1n) is 9.52. The lowest BCUT2D eigenvalue weighted by molar-refractivity contribution is -0.121. The number of hydrogen-bond acceptors (Lipinski definition) is 3. The minimum absolute atomic E-state index is 0.0565. The topological polar surface area (TPSA) is 49.9 Å². The first-order chi connectivity index (χ1) is 13.1. The Bertz CT molecular complexity index is 839. The third kappa shape index (κ3) is 3.68. The third-order valence-electron chi connectivity index (χ3n) is 5.42. The summed E-state index contributed by atoms with van der Waals surface area (Å²) in [7, 11) is 0. The number of anilines is 1. The first kappa shape index (κ1) is 17.6. The number of carbonyl (C=O) groups excluding carboxylic acids is 2. The Kier molecular flexibility index (Phi) is 4.84. The highest BCUT2D eigenvalue weighted by Crippen LogP contribution is 2.32. The van der Waals surface area contributed by atoms with Gasteiger partial charge in [0.05, 0.1) is 12.2 Å². The summed E-state index contributed by atoms with van der Waals surface area (Å²) in [4.78, 5) is 28.7. The first-order valence-corrected chi connectivity index (χ1v) is 9.52. The number of fused-ring (bicyclic) bond motifs is 1. The number of ether oxygens (including phenoxy) is 1. The van der Waals surface area contributed by atoms with Gasteiger partial charge in [0.15, 0.2) is 6.61 Å². The monoisotopic (exact) mass is 364 g/mol. The van der Waals surface area contributed by atoms with Crippen molar-refractivity contribution in [3.63, 3.8) is 0 Å². The molecule has 0 unspecified atom stereocenters. The fourth-order valence-electron chi connectivity index (χ4n) is 3.66. The van der Waals surface area contributed by atoms with E-state index in [9.17, 15) is 9.59 Å². The highest BCUT2D eigenvalue weighted by Gasteiger charge is 2.25. The van der Waals surface area contributed by atoms with Crippen LogP contribution in [0, 0.1) is 5.92 Å². The van der Waals surface area contributed by atoms with Gasteiger partial charge in [-0.05, 0) is 48.6 Å². The molecule has 0 bridgehead atoms. The van der Waals surface area contributed by atoms with E-state index in [1.54, 1.807) is 4.90 Å². The second-order valence-electron chi connectivity index (χ2n) is 7.41. The van der Waals surface area contributed by atoms with Crippen molar-refractivity contribution in [3.05, 3.63) is 59.7 Å². The molecule has 0 aromatic heterocycles. The van der Waals surface area contributed by atoms with Crippen molar-refractivity contribution in [2.24, 2.45) is 5.92 Å². The summed E-state index contributed by atoms with van der Waals surface area (Å²) in [5.74, 6) is 1.46. The summed E-state index contributed by atoms with van der Waals surface area (Å²) in [6.07, 6.45) is 2.14. The SMILES string of the molecule is CC1CCN(C(=O)c2ccc(CN3C(=O)COc4ccccc43)cc2)CC1. The molecule has 1 fully saturated rings. The summed E-state index contributed by atoms with van der Waals surface area (Å²) >= 11 is 0. The predicted octanol–water partition coefficient (Wildman–Crippen LogP) is 3.48. The zero-order chi connectivity index (χ0) is 18.8. The van der Waals surface area contributed by atoms with Gasteiger partial charge in [-0.15, -0.1) is 0 Å². The molecule has 2 aliphatic rings. The van der Waals surface area contributed by atoms with Gasteiger partial charge in [0.25, 0.3) is 11.8 Å². The molecule has 5 nitrogen and oxygen atoms in total. The van der Waals surface area contributed by atoms with Crippen molar-refractivity contribution in [2.45, 2.75) is 26.3 Å². The van der Waals surface area contributed by atoms with Crippen LogP contribution in [0.4, 0.5) is 5.69 Å². The van der Waals surface area contributed by atoms with E-state index in [1.165, 1.54) is 0 Å². The molecule has 4 rings (SSSR count). The predicted molar refractivity (Wildman–Crippen MR) is 104 cm³/mol. The van der Waals surface area contributed by atoms with Crippen LogP contribution in [0.3, 0.4) is 0 Å². The highest BCUT2D eigenvalue weighted by molar-refractivity contribution is 5.98. The molecule has 0 aliphatic carbocycles. The van der Waals surface area contributed by atoms with Crippen molar-refractivity contribution in [3.8, 4) is 5.75 Å². The van der Waals surface area contributed by atoms with Crippen molar-refractivity contribution in [1.29, 1.82) is 0 Å². The number of rotatable bonds is 3. The Morgan fingerprint density at radius 1 is 1.07 bits per heavy atom. The van der Waals surface area contributed by atoms with E-state index in [0.717, 1.165) is 42.9 Å². The number of hydrogen-bond donors (Lipinski definition) is 0. The Morgan fingerprint density at radius 3 is 2.52 bits per heavy atom.